The van der Waals surface area contributed by atoms with E-state index in [0.29, 0.717) is 13.1 Å². The summed E-state index contributed by atoms with van der Waals surface area (Å²) in [4.78, 5) is 14.5. The number of benzene rings is 3. The van der Waals surface area contributed by atoms with Gasteiger partial charge in [0.05, 0.1) is 19.7 Å². The molecule has 140 valence electrons. The minimum absolute atomic E-state index is 0.0199. The monoisotopic (exact) mass is 362 g/mol. The van der Waals surface area contributed by atoms with Crippen molar-refractivity contribution in [3.05, 3.63) is 77.9 Å². The molecule has 3 rings (SSSR count). The molecule has 3 aromatic rings. The number of hydrogen-bond acceptors (Lipinski definition) is 3. The number of methoxy groups -OCH3 is 1. The van der Waals surface area contributed by atoms with Gasteiger partial charge in [0.15, 0.2) is 0 Å². The number of likely N-dealkylation sites (N-methyl/N-ethyl adjacent to an activating group) is 1. The molecule has 0 aliphatic rings. The van der Waals surface area contributed by atoms with Crippen molar-refractivity contribution >= 4 is 16.7 Å². The number of amides is 1. The van der Waals surface area contributed by atoms with Crippen molar-refractivity contribution in [1.82, 2.24) is 10.2 Å². The summed E-state index contributed by atoms with van der Waals surface area (Å²) in [6.45, 7) is 3.09. The quantitative estimate of drug-likeness (QED) is 0.686. The van der Waals surface area contributed by atoms with Crippen LogP contribution in [0.3, 0.4) is 0 Å². The first-order chi connectivity index (χ1) is 13.1. The van der Waals surface area contributed by atoms with Gasteiger partial charge in [-0.05, 0) is 48.0 Å². The Morgan fingerprint density at radius 2 is 1.74 bits per heavy atom. The molecule has 0 spiro atoms. The zero-order valence-corrected chi connectivity index (χ0v) is 16.1. The van der Waals surface area contributed by atoms with Gasteiger partial charge in [0.25, 0.3) is 0 Å². The van der Waals surface area contributed by atoms with Crippen LogP contribution in [-0.4, -0.2) is 31.5 Å². The summed E-state index contributed by atoms with van der Waals surface area (Å²) in [6, 6.07) is 22.3. The lowest BCUT2D eigenvalue weighted by Gasteiger charge is -2.20. The maximum absolute atomic E-state index is 12.5. The van der Waals surface area contributed by atoms with Gasteiger partial charge in [-0.2, -0.15) is 0 Å². The minimum atomic E-state index is -0.0435. The zero-order valence-electron chi connectivity index (χ0n) is 16.1. The molecule has 0 aliphatic heterocycles. The fourth-order valence-electron chi connectivity index (χ4n) is 3.34. The second-order valence-corrected chi connectivity index (χ2v) is 6.88. The van der Waals surface area contributed by atoms with Crippen molar-refractivity contribution in [3.63, 3.8) is 0 Å². The van der Waals surface area contributed by atoms with Crippen LogP contribution in [0.4, 0.5) is 0 Å². The van der Waals surface area contributed by atoms with Gasteiger partial charge < -0.3 is 10.1 Å². The predicted molar refractivity (Wildman–Crippen MR) is 110 cm³/mol. The summed E-state index contributed by atoms with van der Waals surface area (Å²) >= 11 is 0. The van der Waals surface area contributed by atoms with E-state index in [9.17, 15) is 4.79 Å². The van der Waals surface area contributed by atoms with E-state index < -0.39 is 0 Å². The average Bonchev–Trinajstić information content (AvgIpc) is 2.67. The molecule has 0 bridgehead atoms. The normalized spacial score (nSPS) is 12.1. The van der Waals surface area contributed by atoms with Crippen LogP contribution in [0.2, 0.25) is 0 Å². The van der Waals surface area contributed by atoms with Gasteiger partial charge in [-0.3, -0.25) is 9.69 Å². The summed E-state index contributed by atoms with van der Waals surface area (Å²) in [5.74, 6) is 0.856. The third kappa shape index (κ3) is 4.86. The second kappa shape index (κ2) is 8.69. The molecule has 4 heteroatoms. The van der Waals surface area contributed by atoms with Crippen molar-refractivity contribution in [2.45, 2.75) is 19.5 Å². The molecule has 1 atom stereocenters. The number of ether oxygens (including phenoxy) is 1. The zero-order chi connectivity index (χ0) is 19.2. The highest BCUT2D eigenvalue weighted by atomic mass is 16.5. The first-order valence-corrected chi connectivity index (χ1v) is 9.15. The molecular weight excluding hydrogens is 336 g/mol. The highest BCUT2D eigenvalue weighted by Crippen LogP contribution is 2.24. The Morgan fingerprint density at radius 3 is 2.48 bits per heavy atom. The van der Waals surface area contributed by atoms with Crippen molar-refractivity contribution in [2.24, 2.45) is 0 Å². The van der Waals surface area contributed by atoms with Crippen LogP contribution >= 0.6 is 0 Å². The lowest BCUT2D eigenvalue weighted by atomic mass is 10.00. The predicted octanol–water partition coefficient (Wildman–Crippen LogP) is 4.16. The summed E-state index contributed by atoms with van der Waals surface area (Å²) in [6.07, 6.45) is 0. The maximum atomic E-state index is 12.5. The van der Waals surface area contributed by atoms with Gasteiger partial charge in [-0.25, -0.2) is 0 Å². The highest BCUT2D eigenvalue weighted by molar-refractivity contribution is 5.87. The second-order valence-electron chi connectivity index (χ2n) is 6.88. The van der Waals surface area contributed by atoms with Crippen LogP contribution in [0, 0.1) is 0 Å². The van der Waals surface area contributed by atoms with Gasteiger partial charge in [0.2, 0.25) is 5.91 Å². The van der Waals surface area contributed by atoms with Crippen molar-refractivity contribution < 1.29 is 9.53 Å². The fraction of sp³-hybridized carbons (Fsp3) is 0.261. The molecule has 27 heavy (non-hydrogen) atoms. The molecule has 0 heterocycles. The van der Waals surface area contributed by atoms with Crippen LogP contribution in [-0.2, 0) is 11.3 Å². The number of carbonyl (C=O) groups excluding carboxylic acids is 1. The van der Waals surface area contributed by atoms with Crippen LogP contribution in [0.5, 0.6) is 5.75 Å². The standard InChI is InChI=1S/C23H26N2O2/c1-17(21-10-6-8-19-7-4-5-9-22(19)21)24-23(26)16-25(2)15-18-11-13-20(27-3)14-12-18/h4-14,17H,15-16H2,1-3H3,(H,24,26)/t17-/m0/s1. The van der Waals surface area contributed by atoms with E-state index in [1.54, 1.807) is 7.11 Å². The first kappa shape index (κ1) is 18.9. The molecule has 1 amide bonds. The van der Waals surface area contributed by atoms with E-state index >= 15 is 0 Å². The summed E-state index contributed by atoms with van der Waals surface area (Å²) < 4.78 is 5.18. The molecule has 1 N–H and O–H groups in total. The molecule has 0 radical (unpaired) electrons. The van der Waals surface area contributed by atoms with Gasteiger partial charge >= 0.3 is 0 Å². The Bertz CT molecular complexity index is 900. The minimum Gasteiger partial charge on any atom is -0.497 e. The molecule has 0 unspecified atom stereocenters. The lowest BCUT2D eigenvalue weighted by Crippen LogP contribution is -2.36. The third-order valence-corrected chi connectivity index (χ3v) is 4.69. The van der Waals surface area contributed by atoms with Gasteiger partial charge in [-0.1, -0.05) is 54.6 Å². The molecular formula is C23H26N2O2. The summed E-state index contributed by atoms with van der Waals surface area (Å²) in [7, 11) is 3.61. The molecule has 3 aromatic carbocycles. The van der Waals surface area contributed by atoms with Gasteiger partial charge in [-0.15, -0.1) is 0 Å². The highest BCUT2D eigenvalue weighted by Gasteiger charge is 2.14. The van der Waals surface area contributed by atoms with Gasteiger partial charge in [0, 0.05) is 6.54 Å². The Balaban J connectivity index is 1.59. The Hall–Kier alpha value is -2.85. The van der Waals surface area contributed by atoms with Crippen LogP contribution in [0.1, 0.15) is 24.1 Å². The van der Waals surface area contributed by atoms with Crippen LogP contribution in [0.15, 0.2) is 66.7 Å². The van der Waals surface area contributed by atoms with Crippen molar-refractivity contribution in [1.29, 1.82) is 0 Å². The Morgan fingerprint density at radius 1 is 1.04 bits per heavy atom. The SMILES string of the molecule is COc1ccc(CN(C)CC(=O)N[C@@H](C)c2cccc3ccccc23)cc1. The van der Waals surface area contributed by atoms with Crippen molar-refractivity contribution in [3.8, 4) is 5.75 Å². The number of nitrogens with one attached hydrogen (secondary N) is 1. The number of nitrogens with zero attached hydrogens (tertiary/aromatic N) is 1. The first-order valence-electron chi connectivity index (χ1n) is 9.15. The van der Waals surface area contributed by atoms with E-state index in [-0.39, 0.29) is 11.9 Å². The molecule has 0 saturated carbocycles. The molecule has 0 aromatic heterocycles. The van der Waals surface area contributed by atoms with E-state index in [1.807, 2.05) is 61.3 Å². The largest absolute Gasteiger partial charge is 0.497 e. The topological polar surface area (TPSA) is 41.6 Å². The third-order valence-electron chi connectivity index (χ3n) is 4.69. The summed E-state index contributed by atoms with van der Waals surface area (Å²) in [5.41, 5.74) is 2.28. The molecule has 0 saturated heterocycles. The van der Waals surface area contributed by atoms with Crippen LogP contribution < -0.4 is 10.1 Å². The fourth-order valence-corrected chi connectivity index (χ4v) is 3.34. The smallest absolute Gasteiger partial charge is 0.234 e. The lowest BCUT2D eigenvalue weighted by molar-refractivity contribution is -0.122. The number of hydrogen-bond donors (Lipinski definition) is 1. The average molecular weight is 362 g/mol. The Labute approximate surface area is 160 Å². The van der Waals surface area contributed by atoms with E-state index in [2.05, 4.69) is 29.6 Å². The number of carbonyl (C=O) groups is 1. The van der Waals surface area contributed by atoms with E-state index in [0.717, 1.165) is 16.9 Å². The molecule has 0 fully saturated rings. The Kier molecular flexibility index (Phi) is 6.09. The molecule has 0 aliphatic carbocycles. The van der Waals surface area contributed by atoms with E-state index in [4.69, 9.17) is 4.74 Å². The number of rotatable bonds is 7. The van der Waals surface area contributed by atoms with E-state index in [1.165, 1.54) is 10.8 Å². The summed E-state index contributed by atoms with van der Waals surface area (Å²) in [5, 5.41) is 5.49. The molecule has 4 nitrogen and oxygen atoms in total. The van der Waals surface area contributed by atoms with Crippen molar-refractivity contribution in [2.75, 3.05) is 20.7 Å². The maximum Gasteiger partial charge on any atom is 0.234 e. The van der Waals surface area contributed by atoms with Crippen LogP contribution in [0.25, 0.3) is 10.8 Å². The number of fused-ring (bicyclic) bond motifs is 1. The van der Waals surface area contributed by atoms with Gasteiger partial charge in [0.1, 0.15) is 5.75 Å².